The molecule has 0 radical (unpaired) electrons. The largest absolute Gasteiger partial charge is 0.463 e. The maximum absolute atomic E-state index is 6.48. The van der Waals surface area contributed by atoms with E-state index in [2.05, 4.69) is 36.2 Å². The van der Waals surface area contributed by atoms with E-state index >= 15 is 0 Å². The van der Waals surface area contributed by atoms with Crippen LogP contribution in [0.2, 0.25) is 10.0 Å². The Balaban J connectivity index is 1.63. The van der Waals surface area contributed by atoms with Crippen molar-refractivity contribution in [1.82, 2.24) is 9.99 Å². The second-order valence-corrected chi connectivity index (χ2v) is 7.91. The number of halogens is 2. The number of ether oxygens (including phenoxy) is 1. The summed E-state index contributed by atoms with van der Waals surface area (Å²) in [5.41, 5.74) is 5.31. The normalized spacial score (nSPS) is 20.2. The topological polar surface area (TPSA) is 37.7 Å². The van der Waals surface area contributed by atoms with Crippen LogP contribution in [0.1, 0.15) is 40.9 Å². The first kappa shape index (κ1) is 17.5. The van der Waals surface area contributed by atoms with Gasteiger partial charge in [-0.05, 0) is 36.8 Å². The zero-order valence-corrected chi connectivity index (χ0v) is 16.7. The molecule has 3 heterocycles. The van der Waals surface area contributed by atoms with E-state index in [4.69, 9.17) is 33.0 Å². The summed E-state index contributed by atoms with van der Waals surface area (Å²) in [6.45, 7) is 2.08. The molecule has 2 aliphatic heterocycles. The van der Waals surface area contributed by atoms with E-state index in [1.54, 1.807) is 18.5 Å². The molecule has 3 aromatic rings. The molecule has 2 aliphatic rings. The van der Waals surface area contributed by atoms with E-state index in [1.165, 1.54) is 5.56 Å². The average molecular weight is 410 g/mol. The van der Waals surface area contributed by atoms with E-state index in [9.17, 15) is 0 Å². The fourth-order valence-corrected chi connectivity index (χ4v) is 4.34. The van der Waals surface area contributed by atoms with E-state index < -0.39 is 0 Å². The molecule has 0 bridgehead atoms. The lowest BCUT2D eigenvalue weighted by molar-refractivity contribution is -0.0189. The van der Waals surface area contributed by atoms with Gasteiger partial charge in [-0.25, -0.2) is 5.01 Å². The van der Waals surface area contributed by atoms with Crippen LogP contribution in [-0.2, 0) is 0 Å². The molecule has 0 aliphatic carbocycles. The summed E-state index contributed by atoms with van der Waals surface area (Å²) in [6, 6.07) is 16.0. The van der Waals surface area contributed by atoms with Crippen molar-refractivity contribution in [3.05, 3.63) is 93.2 Å². The fourth-order valence-electron chi connectivity index (χ4n) is 3.78. The second kappa shape index (κ2) is 6.80. The first-order valence-electron chi connectivity index (χ1n) is 9.08. The van der Waals surface area contributed by atoms with Crippen LogP contribution in [0.4, 0.5) is 0 Å². The molecule has 6 heteroatoms. The molecular weight excluding hydrogens is 393 g/mol. The summed E-state index contributed by atoms with van der Waals surface area (Å²) in [5, 5.41) is 8.07. The molecule has 4 nitrogen and oxygen atoms in total. The predicted molar refractivity (Wildman–Crippen MR) is 111 cm³/mol. The number of hydrogen-bond acceptors (Lipinski definition) is 4. The standard InChI is InChI=1S/C22H17Cl2N3O/c1-13-2-4-14(5-3-13)19-12-20-17-10-16(23)11-18(24)21(17)28-22(27(20)26-19)15-6-8-25-9-7-15/h2-11,20,22H,12H2,1H3/t20-,22-/m0/s1. The smallest absolute Gasteiger partial charge is 0.214 e. The molecule has 1 aromatic heterocycles. The van der Waals surface area contributed by atoms with Gasteiger partial charge < -0.3 is 4.74 Å². The molecule has 0 saturated carbocycles. The number of hydrazone groups is 1. The van der Waals surface area contributed by atoms with Crippen LogP contribution in [0.25, 0.3) is 0 Å². The first-order valence-corrected chi connectivity index (χ1v) is 9.84. The highest BCUT2D eigenvalue weighted by Gasteiger charge is 2.42. The number of rotatable bonds is 2. The van der Waals surface area contributed by atoms with Crippen molar-refractivity contribution in [3.8, 4) is 5.75 Å². The Labute approximate surface area is 173 Å². The lowest BCUT2D eigenvalue weighted by atomic mass is 9.95. The molecule has 140 valence electrons. The molecule has 0 N–H and O–H groups in total. The molecule has 2 aromatic carbocycles. The maximum Gasteiger partial charge on any atom is 0.214 e. The third-order valence-corrected chi connectivity index (χ3v) is 5.68. The number of benzene rings is 2. The van der Waals surface area contributed by atoms with Gasteiger partial charge >= 0.3 is 0 Å². The van der Waals surface area contributed by atoms with Gasteiger partial charge in [0, 0.05) is 35.0 Å². The molecule has 5 rings (SSSR count). The minimum absolute atomic E-state index is 0.00872. The highest BCUT2D eigenvalue weighted by atomic mass is 35.5. The fraction of sp³-hybridized carbons (Fsp3) is 0.182. The van der Waals surface area contributed by atoms with Crippen LogP contribution in [0.15, 0.2) is 66.0 Å². The Morgan fingerprint density at radius 3 is 2.54 bits per heavy atom. The Hall–Kier alpha value is -2.56. The number of aryl methyl sites for hydroxylation is 1. The van der Waals surface area contributed by atoms with Gasteiger partial charge in [0.15, 0.2) is 0 Å². The van der Waals surface area contributed by atoms with Crippen LogP contribution < -0.4 is 4.74 Å². The number of pyridine rings is 1. The molecular formula is C22H17Cl2N3O. The summed E-state index contributed by atoms with van der Waals surface area (Å²) in [7, 11) is 0. The summed E-state index contributed by atoms with van der Waals surface area (Å²) < 4.78 is 6.32. The number of hydrogen-bond donors (Lipinski definition) is 0. The summed E-state index contributed by atoms with van der Waals surface area (Å²) in [4.78, 5) is 4.12. The Morgan fingerprint density at radius 1 is 1.04 bits per heavy atom. The summed E-state index contributed by atoms with van der Waals surface area (Å²) in [5.74, 6) is 0.675. The summed E-state index contributed by atoms with van der Waals surface area (Å²) >= 11 is 12.8. The molecule has 0 fully saturated rings. The van der Waals surface area contributed by atoms with Crippen molar-refractivity contribution in [2.75, 3.05) is 0 Å². The minimum Gasteiger partial charge on any atom is -0.463 e. The molecule has 0 unspecified atom stereocenters. The SMILES string of the molecule is Cc1ccc(C2=NN3[C@@H](C2)c2cc(Cl)cc(Cl)c2O[C@H]3c2ccncc2)cc1. The van der Waals surface area contributed by atoms with Crippen LogP contribution in [0, 0.1) is 6.92 Å². The van der Waals surface area contributed by atoms with Gasteiger partial charge in [-0.1, -0.05) is 53.0 Å². The lowest BCUT2D eigenvalue weighted by Gasteiger charge is -2.38. The Bertz CT molecular complexity index is 1070. The van der Waals surface area contributed by atoms with Gasteiger partial charge in [-0.15, -0.1) is 0 Å². The van der Waals surface area contributed by atoms with Gasteiger partial charge in [-0.2, -0.15) is 5.10 Å². The van der Waals surface area contributed by atoms with Crippen molar-refractivity contribution in [2.45, 2.75) is 25.6 Å². The zero-order valence-electron chi connectivity index (χ0n) is 15.1. The number of nitrogens with zero attached hydrogens (tertiary/aromatic N) is 3. The van der Waals surface area contributed by atoms with Crippen molar-refractivity contribution in [3.63, 3.8) is 0 Å². The monoisotopic (exact) mass is 409 g/mol. The zero-order chi connectivity index (χ0) is 19.3. The Morgan fingerprint density at radius 2 is 1.79 bits per heavy atom. The predicted octanol–water partition coefficient (Wildman–Crippen LogP) is 5.94. The molecule has 2 atom stereocenters. The summed E-state index contributed by atoms with van der Waals surface area (Å²) in [6.07, 6.45) is 3.90. The molecule has 28 heavy (non-hydrogen) atoms. The molecule has 0 spiro atoms. The van der Waals surface area contributed by atoms with E-state index in [1.807, 2.05) is 23.2 Å². The Kier molecular flexibility index (Phi) is 4.26. The van der Waals surface area contributed by atoms with Crippen LogP contribution in [0.3, 0.4) is 0 Å². The van der Waals surface area contributed by atoms with Crippen LogP contribution in [-0.4, -0.2) is 15.7 Å². The van der Waals surface area contributed by atoms with Crippen molar-refractivity contribution >= 4 is 28.9 Å². The highest BCUT2D eigenvalue weighted by Crippen LogP contribution is 2.50. The maximum atomic E-state index is 6.48. The quantitative estimate of drug-likeness (QED) is 0.525. The minimum atomic E-state index is -0.373. The van der Waals surface area contributed by atoms with E-state index in [0.717, 1.165) is 28.8 Å². The van der Waals surface area contributed by atoms with Gasteiger partial charge in [0.05, 0.1) is 16.8 Å². The van der Waals surface area contributed by atoms with E-state index in [0.29, 0.717) is 15.8 Å². The molecule has 0 amide bonds. The van der Waals surface area contributed by atoms with Crippen molar-refractivity contribution < 1.29 is 4.74 Å². The van der Waals surface area contributed by atoms with Crippen molar-refractivity contribution in [2.24, 2.45) is 5.10 Å². The second-order valence-electron chi connectivity index (χ2n) is 7.07. The van der Waals surface area contributed by atoms with Gasteiger partial charge in [-0.3, -0.25) is 4.98 Å². The van der Waals surface area contributed by atoms with E-state index in [-0.39, 0.29) is 12.3 Å². The average Bonchev–Trinajstić information content (AvgIpc) is 3.14. The third-order valence-electron chi connectivity index (χ3n) is 5.18. The number of fused-ring (bicyclic) bond motifs is 3. The first-order chi connectivity index (χ1) is 13.6. The lowest BCUT2D eigenvalue weighted by Crippen LogP contribution is -2.33. The van der Waals surface area contributed by atoms with Gasteiger partial charge in [0.25, 0.3) is 0 Å². The van der Waals surface area contributed by atoms with Crippen LogP contribution in [0.5, 0.6) is 5.75 Å². The van der Waals surface area contributed by atoms with Gasteiger partial charge in [0.1, 0.15) is 5.75 Å². The number of aromatic nitrogens is 1. The highest BCUT2D eigenvalue weighted by molar-refractivity contribution is 6.35. The van der Waals surface area contributed by atoms with Crippen LogP contribution >= 0.6 is 23.2 Å². The third kappa shape index (κ3) is 2.93. The van der Waals surface area contributed by atoms with Gasteiger partial charge in [0.2, 0.25) is 6.23 Å². The van der Waals surface area contributed by atoms with Crippen molar-refractivity contribution in [1.29, 1.82) is 0 Å². The molecule has 0 saturated heterocycles.